The summed E-state index contributed by atoms with van der Waals surface area (Å²) in [6.07, 6.45) is 1.40. The summed E-state index contributed by atoms with van der Waals surface area (Å²) < 4.78 is 17.4. The minimum absolute atomic E-state index is 0.204. The van der Waals surface area contributed by atoms with E-state index >= 15 is 0 Å². The third-order valence-electron chi connectivity index (χ3n) is 5.33. The number of amides is 4. The number of urea groups is 1. The van der Waals surface area contributed by atoms with Gasteiger partial charge in [-0.15, -0.1) is 0 Å². The number of hydrogen-bond acceptors (Lipinski definition) is 6. The quantitative estimate of drug-likeness (QED) is 0.244. The van der Waals surface area contributed by atoms with Crippen LogP contribution in [0.25, 0.3) is 6.08 Å². The van der Waals surface area contributed by atoms with Gasteiger partial charge in [0.2, 0.25) is 0 Å². The zero-order chi connectivity index (χ0) is 25.7. The number of rotatable bonds is 8. The molecule has 9 heteroatoms. The number of benzene rings is 3. The first-order valence-electron chi connectivity index (χ1n) is 11.0. The largest absolute Gasteiger partial charge is 0.497 e. The van der Waals surface area contributed by atoms with Gasteiger partial charge in [0.05, 0.1) is 12.8 Å². The Morgan fingerprint density at radius 2 is 1.56 bits per heavy atom. The number of hydrogen-bond donors (Lipinski definition) is 1. The van der Waals surface area contributed by atoms with Crippen LogP contribution >= 0.6 is 15.9 Å². The van der Waals surface area contributed by atoms with Crippen LogP contribution in [0.5, 0.6) is 17.2 Å². The molecular weight excluding hydrogens is 528 g/mol. The van der Waals surface area contributed by atoms with E-state index in [2.05, 4.69) is 21.2 Å². The number of nitrogens with one attached hydrogen (secondary N) is 1. The maximum atomic E-state index is 13.2. The fourth-order valence-corrected chi connectivity index (χ4v) is 3.87. The second kappa shape index (κ2) is 11.1. The number of barbiturate groups is 1. The first-order valence-corrected chi connectivity index (χ1v) is 11.8. The highest BCUT2D eigenvalue weighted by molar-refractivity contribution is 9.10. The van der Waals surface area contributed by atoms with Gasteiger partial charge in [-0.2, -0.15) is 0 Å². The normalized spacial score (nSPS) is 14.6. The average Bonchev–Trinajstić information content (AvgIpc) is 2.87. The summed E-state index contributed by atoms with van der Waals surface area (Å²) in [7, 11) is 1.51. The lowest BCUT2D eigenvalue weighted by Crippen LogP contribution is -2.54. The van der Waals surface area contributed by atoms with E-state index in [4.69, 9.17) is 14.2 Å². The maximum Gasteiger partial charge on any atom is 0.335 e. The molecule has 3 aromatic rings. The van der Waals surface area contributed by atoms with Crippen LogP contribution in [0, 0.1) is 6.92 Å². The van der Waals surface area contributed by atoms with Crippen molar-refractivity contribution in [3.05, 3.63) is 87.9 Å². The molecule has 0 atom stereocenters. The monoisotopic (exact) mass is 550 g/mol. The number of carbonyl (C=O) groups is 3. The number of aryl methyl sites for hydroxylation is 1. The molecule has 1 aliphatic rings. The van der Waals surface area contributed by atoms with Crippen LogP contribution in [0.15, 0.2) is 76.8 Å². The van der Waals surface area contributed by atoms with Crippen LogP contribution in [0.1, 0.15) is 11.1 Å². The first-order chi connectivity index (χ1) is 17.4. The number of nitrogens with zero attached hydrogens (tertiary/aromatic N) is 1. The number of ether oxygens (including phenoxy) is 3. The summed E-state index contributed by atoms with van der Waals surface area (Å²) in [4.78, 5) is 39.2. The third kappa shape index (κ3) is 5.75. The number of halogens is 1. The summed E-state index contributed by atoms with van der Waals surface area (Å²) >= 11 is 3.41. The van der Waals surface area contributed by atoms with Crippen molar-refractivity contribution in [1.29, 1.82) is 0 Å². The molecule has 4 rings (SSSR count). The Hall–Kier alpha value is -4.11. The molecule has 4 amide bonds. The topological polar surface area (TPSA) is 94.2 Å². The predicted octanol–water partition coefficient (Wildman–Crippen LogP) is 4.89. The fourth-order valence-electron chi connectivity index (χ4n) is 3.49. The van der Waals surface area contributed by atoms with Gasteiger partial charge in [0, 0.05) is 10.0 Å². The van der Waals surface area contributed by atoms with E-state index in [1.54, 1.807) is 42.5 Å². The van der Waals surface area contributed by atoms with Crippen molar-refractivity contribution in [1.82, 2.24) is 5.32 Å². The molecule has 0 saturated carbocycles. The van der Waals surface area contributed by atoms with Crippen LogP contribution in [0.4, 0.5) is 10.5 Å². The minimum atomic E-state index is -0.828. The molecule has 3 aromatic carbocycles. The Labute approximate surface area is 216 Å². The second-order valence-electron chi connectivity index (χ2n) is 7.85. The van der Waals surface area contributed by atoms with Gasteiger partial charge in [-0.25, -0.2) is 9.69 Å². The summed E-state index contributed by atoms with van der Waals surface area (Å²) in [6.45, 7) is 2.54. The maximum absolute atomic E-state index is 13.2. The van der Waals surface area contributed by atoms with Gasteiger partial charge < -0.3 is 14.2 Å². The van der Waals surface area contributed by atoms with Crippen LogP contribution in [-0.2, 0) is 9.59 Å². The number of imide groups is 2. The molecule has 0 spiro atoms. The molecule has 36 heavy (non-hydrogen) atoms. The zero-order valence-electron chi connectivity index (χ0n) is 19.6. The highest BCUT2D eigenvalue weighted by Gasteiger charge is 2.37. The molecule has 8 nitrogen and oxygen atoms in total. The Kier molecular flexibility index (Phi) is 7.70. The molecule has 1 aliphatic heterocycles. The lowest BCUT2D eigenvalue weighted by atomic mass is 10.1. The van der Waals surface area contributed by atoms with Crippen molar-refractivity contribution >= 4 is 45.5 Å². The molecule has 0 aromatic heterocycles. The minimum Gasteiger partial charge on any atom is -0.497 e. The first kappa shape index (κ1) is 25.0. The predicted molar refractivity (Wildman–Crippen MR) is 138 cm³/mol. The number of anilines is 1. The van der Waals surface area contributed by atoms with Crippen molar-refractivity contribution in [2.75, 3.05) is 25.2 Å². The van der Waals surface area contributed by atoms with E-state index in [1.165, 1.54) is 13.2 Å². The molecule has 0 radical (unpaired) electrons. The molecule has 1 saturated heterocycles. The number of methoxy groups -OCH3 is 1. The summed E-state index contributed by atoms with van der Waals surface area (Å²) in [6, 6.07) is 18.4. The molecular formula is C27H23BrN2O6. The molecule has 1 N–H and O–H groups in total. The van der Waals surface area contributed by atoms with Crippen molar-refractivity contribution in [2.45, 2.75) is 6.92 Å². The summed E-state index contributed by atoms with van der Waals surface area (Å²) in [5.74, 6) is 0.213. The Morgan fingerprint density at radius 3 is 2.25 bits per heavy atom. The van der Waals surface area contributed by atoms with Crippen LogP contribution in [-0.4, -0.2) is 38.2 Å². The average molecular weight is 551 g/mol. The highest BCUT2D eigenvalue weighted by atomic mass is 79.9. The van der Waals surface area contributed by atoms with Gasteiger partial charge in [0.15, 0.2) is 0 Å². The van der Waals surface area contributed by atoms with Crippen molar-refractivity contribution in [2.24, 2.45) is 0 Å². The van der Waals surface area contributed by atoms with E-state index in [0.29, 0.717) is 29.4 Å². The van der Waals surface area contributed by atoms with Gasteiger partial charge in [-0.05, 0) is 67.6 Å². The van der Waals surface area contributed by atoms with Crippen molar-refractivity contribution in [3.8, 4) is 17.2 Å². The molecule has 1 heterocycles. The molecule has 0 unspecified atom stereocenters. The Balaban J connectivity index is 1.54. The molecule has 1 fully saturated rings. The summed E-state index contributed by atoms with van der Waals surface area (Å²) in [5, 5.41) is 2.22. The summed E-state index contributed by atoms with van der Waals surface area (Å²) in [5.41, 5.74) is 1.72. The van der Waals surface area contributed by atoms with E-state index in [1.807, 2.05) is 31.2 Å². The van der Waals surface area contributed by atoms with Gasteiger partial charge in [-0.3, -0.25) is 14.9 Å². The lowest BCUT2D eigenvalue weighted by Gasteiger charge is -2.26. The molecule has 0 aliphatic carbocycles. The highest BCUT2D eigenvalue weighted by Crippen LogP contribution is 2.29. The van der Waals surface area contributed by atoms with Crippen molar-refractivity contribution < 1.29 is 28.6 Å². The van der Waals surface area contributed by atoms with Gasteiger partial charge in [-0.1, -0.05) is 33.6 Å². The van der Waals surface area contributed by atoms with Crippen LogP contribution in [0.2, 0.25) is 0 Å². The van der Waals surface area contributed by atoms with E-state index in [-0.39, 0.29) is 12.2 Å². The van der Waals surface area contributed by atoms with Gasteiger partial charge >= 0.3 is 6.03 Å². The van der Waals surface area contributed by atoms with Crippen LogP contribution in [0.3, 0.4) is 0 Å². The zero-order valence-corrected chi connectivity index (χ0v) is 21.2. The Morgan fingerprint density at radius 1 is 0.889 bits per heavy atom. The Bertz CT molecular complexity index is 1320. The van der Waals surface area contributed by atoms with E-state index in [0.717, 1.165) is 20.7 Å². The molecule has 0 bridgehead atoms. The number of carbonyl (C=O) groups excluding carboxylic acids is 3. The van der Waals surface area contributed by atoms with Gasteiger partial charge in [0.25, 0.3) is 11.8 Å². The standard InChI is InChI=1S/C27H23BrN2O6/c1-17-3-8-22(9-4-17)35-13-14-36-24-12-5-19(28)15-18(24)16-23-25(31)29-27(33)30(26(23)32)20-6-10-21(34-2)11-7-20/h3-12,15-16H,13-14H2,1-2H3,(H,29,31,33)/b23-16-. The van der Waals surface area contributed by atoms with Gasteiger partial charge in [0.1, 0.15) is 36.0 Å². The van der Waals surface area contributed by atoms with Crippen LogP contribution < -0.4 is 24.4 Å². The lowest BCUT2D eigenvalue weighted by molar-refractivity contribution is -0.122. The molecule has 184 valence electrons. The SMILES string of the molecule is COc1ccc(N2C(=O)NC(=O)/C(=C/c3cc(Br)ccc3OCCOc3ccc(C)cc3)C2=O)cc1. The fraction of sp³-hybridized carbons (Fsp3) is 0.148. The van der Waals surface area contributed by atoms with E-state index < -0.39 is 17.8 Å². The third-order valence-corrected chi connectivity index (χ3v) is 5.83. The van der Waals surface area contributed by atoms with Crippen molar-refractivity contribution in [3.63, 3.8) is 0 Å². The van der Waals surface area contributed by atoms with E-state index in [9.17, 15) is 14.4 Å². The smallest absolute Gasteiger partial charge is 0.335 e. The second-order valence-corrected chi connectivity index (χ2v) is 8.76.